The van der Waals surface area contributed by atoms with Crippen LogP contribution in [0.15, 0.2) is 23.1 Å². The van der Waals surface area contributed by atoms with Crippen molar-refractivity contribution in [3.63, 3.8) is 0 Å². The van der Waals surface area contributed by atoms with Gasteiger partial charge < -0.3 is 9.47 Å². The zero-order valence-electron chi connectivity index (χ0n) is 15.2. The van der Waals surface area contributed by atoms with Crippen LogP contribution in [0.2, 0.25) is 0 Å². The molecule has 0 unspecified atom stereocenters. The Kier molecular flexibility index (Phi) is 7.32. The van der Waals surface area contributed by atoms with Crippen LogP contribution in [0.25, 0.3) is 6.08 Å². The number of rotatable bonds is 8. The van der Waals surface area contributed by atoms with E-state index in [0.29, 0.717) is 40.7 Å². The van der Waals surface area contributed by atoms with Crippen LogP contribution in [0.4, 0.5) is 0 Å². The molecule has 1 aliphatic heterocycles. The summed E-state index contributed by atoms with van der Waals surface area (Å²) in [6, 6.07) is 5.74. The van der Waals surface area contributed by atoms with Crippen molar-refractivity contribution in [1.29, 1.82) is 0 Å². The quantitative estimate of drug-likeness (QED) is 0.482. The van der Waals surface area contributed by atoms with Crippen LogP contribution in [-0.2, 0) is 4.79 Å². The molecular formula is C19H25NO3S2. The van der Waals surface area contributed by atoms with E-state index in [-0.39, 0.29) is 5.91 Å². The lowest BCUT2D eigenvalue weighted by molar-refractivity contribution is -0.122. The van der Waals surface area contributed by atoms with Crippen molar-refractivity contribution in [2.45, 2.75) is 34.1 Å². The Hall–Kier alpha value is -1.53. The number of benzene rings is 1. The third kappa shape index (κ3) is 5.22. The predicted molar refractivity (Wildman–Crippen MR) is 108 cm³/mol. The Balaban J connectivity index is 2.23. The van der Waals surface area contributed by atoms with E-state index in [1.54, 1.807) is 4.90 Å². The van der Waals surface area contributed by atoms with E-state index < -0.39 is 0 Å². The van der Waals surface area contributed by atoms with Crippen molar-refractivity contribution in [2.75, 3.05) is 19.8 Å². The van der Waals surface area contributed by atoms with Gasteiger partial charge in [-0.2, -0.15) is 0 Å². The molecule has 4 nitrogen and oxygen atoms in total. The summed E-state index contributed by atoms with van der Waals surface area (Å²) in [5.74, 6) is 1.84. The summed E-state index contributed by atoms with van der Waals surface area (Å²) in [5.41, 5.74) is 0.900. The highest BCUT2D eigenvalue weighted by molar-refractivity contribution is 8.26. The van der Waals surface area contributed by atoms with Crippen LogP contribution >= 0.6 is 24.0 Å². The molecule has 136 valence electrons. The maximum atomic E-state index is 12.5. The summed E-state index contributed by atoms with van der Waals surface area (Å²) in [6.07, 6.45) is 2.75. The first kappa shape index (κ1) is 19.8. The maximum absolute atomic E-state index is 12.5. The van der Waals surface area contributed by atoms with E-state index >= 15 is 0 Å². The van der Waals surface area contributed by atoms with Crippen molar-refractivity contribution in [1.82, 2.24) is 4.90 Å². The van der Waals surface area contributed by atoms with E-state index in [4.69, 9.17) is 21.7 Å². The Morgan fingerprint density at radius 2 is 2.00 bits per heavy atom. The van der Waals surface area contributed by atoms with Gasteiger partial charge in [0.2, 0.25) is 0 Å². The molecule has 6 heteroatoms. The molecule has 1 fully saturated rings. The molecule has 0 N–H and O–H groups in total. The molecule has 0 bridgehead atoms. The molecule has 0 atom stereocenters. The van der Waals surface area contributed by atoms with Crippen LogP contribution in [0.1, 0.15) is 39.7 Å². The van der Waals surface area contributed by atoms with Crippen LogP contribution in [-0.4, -0.2) is 34.9 Å². The van der Waals surface area contributed by atoms with Gasteiger partial charge in [-0.25, -0.2) is 0 Å². The number of amides is 1. The standard InChI is InChI=1S/C19H25NO3S2/c1-5-9-20-18(21)17(25-19(20)24)11-14-7-8-15(23-12-13(3)4)16(10-14)22-6-2/h7-8,10-11,13H,5-6,9,12H2,1-4H3/b17-11+. The van der Waals surface area contributed by atoms with Crippen LogP contribution in [0, 0.1) is 5.92 Å². The summed E-state index contributed by atoms with van der Waals surface area (Å²) in [6.45, 7) is 10.0. The molecule has 1 aliphatic rings. The zero-order chi connectivity index (χ0) is 18.4. The van der Waals surface area contributed by atoms with Crippen molar-refractivity contribution in [2.24, 2.45) is 5.92 Å². The van der Waals surface area contributed by atoms with E-state index in [0.717, 1.165) is 17.7 Å². The van der Waals surface area contributed by atoms with Gasteiger partial charge in [0.05, 0.1) is 18.1 Å². The van der Waals surface area contributed by atoms with Gasteiger partial charge >= 0.3 is 0 Å². The van der Waals surface area contributed by atoms with Crippen molar-refractivity contribution < 1.29 is 14.3 Å². The van der Waals surface area contributed by atoms with Gasteiger partial charge in [0.25, 0.3) is 5.91 Å². The first-order chi connectivity index (χ1) is 12.0. The Morgan fingerprint density at radius 3 is 2.64 bits per heavy atom. The van der Waals surface area contributed by atoms with Gasteiger partial charge in [-0.15, -0.1) is 0 Å². The number of nitrogens with zero attached hydrogens (tertiary/aromatic N) is 1. The minimum atomic E-state index is -0.0186. The molecule has 25 heavy (non-hydrogen) atoms. The van der Waals surface area contributed by atoms with Gasteiger partial charge in [0.15, 0.2) is 11.5 Å². The fourth-order valence-electron chi connectivity index (χ4n) is 2.33. The van der Waals surface area contributed by atoms with Crippen molar-refractivity contribution in [3.05, 3.63) is 28.7 Å². The summed E-state index contributed by atoms with van der Waals surface area (Å²) >= 11 is 6.66. The maximum Gasteiger partial charge on any atom is 0.266 e. The largest absolute Gasteiger partial charge is 0.490 e. The highest BCUT2D eigenvalue weighted by Gasteiger charge is 2.31. The molecule has 1 saturated heterocycles. The van der Waals surface area contributed by atoms with Crippen LogP contribution in [0.5, 0.6) is 11.5 Å². The topological polar surface area (TPSA) is 38.8 Å². The van der Waals surface area contributed by atoms with E-state index in [1.807, 2.05) is 38.1 Å². The lowest BCUT2D eigenvalue weighted by Gasteiger charge is -2.14. The highest BCUT2D eigenvalue weighted by Crippen LogP contribution is 2.35. The van der Waals surface area contributed by atoms with Crippen molar-refractivity contribution >= 4 is 40.3 Å². The average molecular weight is 380 g/mol. The normalized spacial score (nSPS) is 16.2. The van der Waals surface area contributed by atoms with Gasteiger partial charge in [-0.3, -0.25) is 9.69 Å². The zero-order valence-corrected chi connectivity index (χ0v) is 16.8. The molecule has 0 radical (unpaired) electrons. The Morgan fingerprint density at radius 1 is 1.24 bits per heavy atom. The average Bonchev–Trinajstić information content (AvgIpc) is 2.82. The fraction of sp³-hybridized carbons (Fsp3) is 0.474. The lowest BCUT2D eigenvalue weighted by Crippen LogP contribution is -2.28. The number of hydrogen-bond acceptors (Lipinski definition) is 5. The van der Waals surface area contributed by atoms with E-state index in [1.165, 1.54) is 11.8 Å². The summed E-state index contributed by atoms with van der Waals surface area (Å²) < 4.78 is 12.1. The monoisotopic (exact) mass is 379 g/mol. The molecule has 0 saturated carbocycles. The number of ether oxygens (including phenoxy) is 2. The molecular weight excluding hydrogens is 354 g/mol. The molecule has 1 heterocycles. The highest BCUT2D eigenvalue weighted by atomic mass is 32.2. The third-order valence-corrected chi connectivity index (χ3v) is 4.84. The van der Waals surface area contributed by atoms with Crippen molar-refractivity contribution in [3.8, 4) is 11.5 Å². The number of hydrogen-bond donors (Lipinski definition) is 0. The SMILES string of the molecule is CCCN1C(=O)/C(=C\c2ccc(OCC(C)C)c(OCC)c2)SC1=S. The summed E-state index contributed by atoms with van der Waals surface area (Å²) in [5, 5.41) is 0. The van der Waals surface area contributed by atoms with Gasteiger partial charge in [-0.05, 0) is 43.0 Å². The molecule has 1 amide bonds. The third-order valence-electron chi connectivity index (χ3n) is 3.46. The van der Waals surface area contributed by atoms with Crippen LogP contribution in [0.3, 0.4) is 0 Å². The summed E-state index contributed by atoms with van der Waals surface area (Å²) in [7, 11) is 0. The first-order valence-corrected chi connectivity index (χ1v) is 9.83. The van der Waals surface area contributed by atoms with E-state index in [9.17, 15) is 4.79 Å². The number of thiocarbonyl (C=S) groups is 1. The van der Waals surface area contributed by atoms with Crippen LogP contribution < -0.4 is 9.47 Å². The Bertz CT molecular complexity index is 671. The summed E-state index contributed by atoms with van der Waals surface area (Å²) in [4.78, 5) is 14.8. The predicted octanol–water partition coefficient (Wildman–Crippen LogP) is 4.73. The second kappa shape index (κ2) is 9.25. The van der Waals surface area contributed by atoms with Gasteiger partial charge in [0.1, 0.15) is 4.32 Å². The van der Waals surface area contributed by atoms with Gasteiger partial charge in [-0.1, -0.05) is 50.8 Å². The Labute approximate surface area is 159 Å². The second-order valence-corrected chi connectivity index (χ2v) is 7.85. The number of carbonyl (C=O) groups is 1. The molecule has 2 rings (SSSR count). The fourth-order valence-corrected chi connectivity index (χ4v) is 3.63. The van der Waals surface area contributed by atoms with Gasteiger partial charge in [0, 0.05) is 6.54 Å². The van der Waals surface area contributed by atoms with E-state index in [2.05, 4.69) is 13.8 Å². The molecule has 0 aromatic heterocycles. The molecule has 1 aromatic carbocycles. The minimum absolute atomic E-state index is 0.0186. The number of thioether (sulfide) groups is 1. The number of carbonyl (C=O) groups excluding carboxylic acids is 1. The molecule has 0 spiro atoms. The molecule has 0 aliphatic carbocycles. The first-order valence-electron chi connectivity index (χ1n) is 8.61. The lowest BCUT2D eigenvalue weighted by atomic mass is 10.1. The second-order valence-electron chi connectivity index (χ2n) is 6.18. The minimum Gasteiger partial charge on any atom is -0.490 e. The smallest absolute Gasteiger partial charge is 0.266 e. The molecule has 1 aromatic rings.